The van der Waals surface area contributed by atoms with Crippen LogP contribution in [0.5, 0.6) is 0 Å². The van der Waals surface area contributed by atoms with Gasteiger partial charge in [-0.1, -0.05) is 12.1 Å². The van der Waals surface area contributed by atoms with Crippen molar-refractivity contribution in [3.05, 3.63) is 35.6 Å². The number of hydrogen-bond acceptors (Lipinski definition) is 3. The minimum Gasteiger partial charge on any atom is -0.480 e. The van der Waals surface area contributed by atoms with Crippen LogP contribution in [0.15, 0.2) is 24.3 Å². The molecule has 2 fully saturated rings. The molecule has 2 N–H and O–H groups in total. The van der Waals surface area contributed by atoms with Gasteiger partial charge in [-0.15, -0.1) is 0 Å². The fourth-order valence-electron chi connectivity index (χ4n) is 3.73. The number of nitrogens with one attached hydrogen (secondary N) is 1. The Morgan fingerprint density at radius 3 is 2.80 bits per heavy atom. The first kappa shape index (κ1) is 18.3. The first-order valence-electron chi connectivity index (χ1n) is 9.46. The number of rotatable bonds is 10. The van der Waals surface area contributed by atoms with Crippen molar-refractivity contribution in [3.8, 4) is 0 Å². The number of halogens is 1. The second-order valence-corrected chi connectivity index (χ2v) is 7.83. The molecular formula is C20H29FN2O2. The highest BCUT2D eigenvalue weighted by molar-refractivity contribution is 5.69. The van der Waals surface area contributed by atoms with E-state index in [1.165, 1.54) is 18.9 Å². The molecule has 25 heavy (non-hydrogen) atoms. The van der Waals surface area contributed by atoms with Crippen molar-refractivity contribution in [1.82, 2.24) is 10.2 Å². The number of carboxylic acid groups (broad SMARTS) is 1. The van der Waals surface area contributed by atoms with Gasteiger partial charge in [-0.2, -0.15) is 0 Å². The Balaban J connectivity index is 1.37. The molecule has 5 heteroatoms. The molecule has 1 aromatic rings. The fraction of sp³-hybridized carbons (Fsp3) is 0.650. The normalized spacial score (nSPS) is 24.1. The Morgan fingerprint density at radius 2 is 2.16 bits per heavy atom. The van der Waals surface area contributed by atoms with Gasteiger partial charge in [-0.25, -0.2) is 4.39 Å². The van der Waals surface area contributed by atoms with Gasteiger partial charge in [-0.05, 0) is 69.1 Å². The fourth-order valence-corrected chi connectivity index (χ4v) is 3.73. The van der Waals surface area contributed by atoms with Crippen molar-refractivity contribution in [2.45, 2.75) is 63.6 Å². The number of carboxylic acids is 1. The topological polar surface area (TPSA) is 52.6 Å². The highest BCUT2D eigenvalue weighted by Crippen LogP contribution is 2.34. The van der Waals surface area contributed by atoms with E-state index in [1.54, 1.807) is 12.1 Å². The standard InChI is InChI=1S/C20H29FN2O2/c1-14(5-6-15-3-2-4-17(21)9-15)22-18-10-19(11-18)23(13-20(24)25)12-16-7-8-16/h2-4,9,14,16,18-19,22H,5-8,10-13H2,1H3,(H,24,25). The maximum Gasteiger partial charge on any atom is 0.317 e. The molecule has 0 amide bonds. The summed E-state index contributed by atoms with van der Waals surface area (Å²) in [7, 11) is 0. The number of benzene rings is 1. The molecule has 2 aliphatic carbocycles. The Labute approximate surface area is 149 Å². The summed E-state index contributed by atoms with van der Waals surface area (Å²) in [5.41, 5.74) is 1.04. The van der Waals surface area contributed by atoms with Crippen molar-refractivity contribution in [2.75, 3.05) is 13.1 Å². The number of nitrogens with zero attached hydrogens (tertiary/aromatic N) is 1. The van der Waals surface area contributed by atoms with Crippen LogP contribution < -0.4 is 5.32 Å². The van der Waals surface area contributed by atoms with Gasteiger partial charge in [0.2, 0.25) is 0 Å². The van der Waals surface area contributed by atoms with Gasteiger partial charge in [0.1, 0.15) is 5.82 Å². The number of aliphatic carboxylic acids is 1. The molecule has 0 bridgehead atoms. The van der Waals surface area contributed by atoms with Crippen molar-refractivity contribution in [3.63, 3.8) is 0 Å². The van der Waals surface area contributed by atoms with E-state index in [0.717, 1.165) is 43.7 Å². The molecule has 1 atom stereocenters. The van der Waals surface area contributed by atoms with E-state index < -0.39 is 5.97 Å². The zero-order valence-corrected chi connectivity index (χ0v) is 15.0. The van der Waals surface area contributed by atoms with Gasteiger partial charge in [0.05, 0.1) is 6.54 Å². The van der Waals surface area contributed by atoms with Crippen LogP contribution in [0.2, 0.25) is 0 Å². The molecule has 0 aromatic heterocycles. The molecule has 3 rings (SSSR count). The molecule has 1 unspecified atom stereocenters. The van der Waals surface area contributed by atoms with Gasteiger partial charge >= 0.3 is 5.97 Å². The van der Waals surface area contributed by atoms with Gasteiger partial charge in [0, 0.05) is 24.7 Å². The van der Waals surface area contributed by atoms with Crippen molar-refractivity contribution < 1.29 is 14.3 Å². The van der Waals surface area contributed by atoms with Crippen LogP contribution in [0.3, 0.4) is 0 Å². The van der Waals surface area contributed by atoms with Crippen LogP contribution in [0.4, 0.5) is 4.39 Å². The molecule has 0 spiro atoms. The smallest absolute Gasteiger partial charge is 0.317 e. The minimum atomic E-state index is -0.722. The largest absolute Gasteiger partial charge is 0.480 e. The molecule has 4 nitrogen and oxygen atoms in total. The molecule has 0 radical (unpaired) electrons. The van der Waals surface area contributed by atoms with Crippen molar-refractivity contribution >= 4 is 5.97 Å². The lowest BCUT2D eigenvalue weighted by Crippen LogP contribution is -2.55. The third-order valence-corrected chi connectivity index (χ3v) is 5.43. The number of hydrogen-bond donors (Lipinski definition) is 2. The maximum atomic E-state index is 13.2. The molecule has 0 aliphatic heterocycles. The van der Waals surface area contributed by atoms with E-state index in [-0.39, 0.29) is 12.4 Å². The third kappa shape index (κ3) is 5.79. The zero-order valence-electron chi connectivity index (χ0n) is 15.0. The summed E-state index contributed by atoms with van der Waals surface area (Å²) in [6.45, 7) is 3.29. The maximum absolute atomic E-state index is 13.2. The summed E-state index contributed by atoms with van der Waals surface area (Å²) in [5, 5.41) is 12.8. The van der Waals surface area contributed by atoms with E-state index in [4.69, 9.17) is 5.11 Å². The Kier molecular flexibility index (Phi) is 6.07. The SMILES string of the molecule is CC(CCc1cccc(F)c1)NC1CC(N(CC(=O)O)CC2CC2)C1. The monoisotopic (exact) mass is 348 g/mol. The molecule has 1 aromatic carbocycles. The average molecular weight is 348 g/mol. The highest BCUT2D eigenvalue weighted by Gasteiger charge is 2.37. The zero-order chi connectivity index (χ0) is 17.8. The van der Waals surface area contributed by atoms with Gasteiger partial charge < -0.3 is 10.4 Å². The lowest BCUT2D eigenvalue weighted by atomic mass is 9.84. The van der Waals surface area contributed by atoms with E-state index in [1.807, 2.05) is 6.07 Å². The number of aryl methyl sites for hydroxylation is 1. The first-order chi connectivity index (χ1) is 12.0. The lowest BCUT2D eigenvalue weighted by molar-refractivity contribution is -0.139. The molecular weight excluding hydrogens is 319 g/mol. The third-order valence-electron chi connectivity index (χ3n) is 5.43. The lowest BCUT2D eigenvalue weighted by Gasteiger charge is -2.44. The van der Waals surface area contributed by atoms with Crippen molar-refractivity contribution in [2.24, 2.45) is 5.92 Å². The quantitative estimate of drug-likeness (QED) is 0.682. The summed E-state index contributed by atoms with van der Waals surface area (Å²) in [6, 6.07) is 8.07. The summed E-state index contributed by atoms with van der Waals surface area (Å²) in [6.07, 6.45) is 6.41. The van der Waals surface area contributed by atoms with Crippen LogP contribution in [0, 0.1) is 11.7 Å². The molecule has 138 valence electrons. The van der Waals surface area contributed by atoms with E-state index in [2.05, 4.69) is 17.1 Å². The summed E-state index contributed by atoms with van der Waals surface area (Å²) >= 11 is 0. The summed E-state index contributed by atoms with van der Waals surface area (Å²) in [5.74, 6) is -0.175. The molecule has 2 saturated carbocycles. The highest BCUT2D eigenvalue weighted by atomic mass is 19.1. The van der Waals surface area contributed by atoms with E-state index in [9.17, 15) is 9.18 Å². The van der Waals surface area contributed by atoms with Crippen LogP contribution in [-0.2, 0) is 11.2 Å². The van der Waals surface area contributed by atoms with Crippen LogP contribution >= 0.6 is 0 Å². The van der Waals surface area contributed by atoms with Gasteiger partial charge in [0.25, 0.3) is 0 Å². The minimum absolute atomic E-state index is 0.170. The van der Waals surface area contributed by atoms with Gasteiger partial charge in [0.15, 0.2) is 0 Å². The molecule has 2 aliphatic rings. The predicted molar refractivity (Wildman–Crippen MR) is 96.1 cm³/mol. The predicted octanol–water partition coefficient (Wildman–Crippen LogP) is 3.06. The van der Waals surface area contributed by atoms with Crippen LogP contribution in [-0.4, -0.2) is 47.2 Å². The van der Waals surface area contributed by atoms with E-state index >= 15 is 0 Å². The second-order valence-electron chi connectivity index (χ2n) is 7.83. The summed E-state index contributed by atoms with van der Waals surface area (Å²) < 4.78 is 13.2. The molecule has 0 saturated heterocycles. The summed E-state index contributed by atoms with van der Waals surface area (Å²) in [4.78, 5) is 13.2. The second kappa shape index (κ2) is 8.28. The van der Waals surface area contributed by atoms with E-state index in [0.29, 0.717) is 18.1 Å². The Hall–Kier alpha value is -1.46. The average Bonchev–Trinajstić information content (AvgIpc) is 3.31. The van der Waals surface area contributed by atoms with Crippen LogP contribution in [0.25, 0.3) is 0 Å². The van der Waals surface area contributed by atoms with Crippen molar-refractivity contribution in [1.29, 1.82) is 0 Å². The Bertz CT molecular complexity index is 585. The Morgan fingerprint density at radius 1 is 1.40 bits per heavy atom. The molecule has 0 heterocycles. The van der Waals surface area contributed by atoms with Gasteiger partial charge in [-0.3, -0.25) is 9.69 Å². The first-order valence-corrected chi connectivity index (χ1v) is 9.46. The number of carbonyl (C=O) groups is 1. The van der Waals surface area contributed by atoms with Crippen LogP contribution in [0.1, 0.15) is 44.6 Å².